The van der Waals surface area contributed by atoms with Gasteiger partial charge in [-0.25, -0.2) is 0 Å². The molecule has 6 nitrogen and oxygen atoms in total. The van der Waals surface area contributed by atoms with Gasteiger partial charge in [0.05, 0.1) is 5.69 Å². The normalized spacial score (nSPS) is 13.6. The van der Waals surface area contributed by atoms with E-state index >= 15 is 0 Å². The molecule has 8 heteroatoms. The predicted octanol–water partition coefficient (Wildman–Crippen LogP) is 4.35. The maximum atomic E-state index is 12.1. The first-order chi connectivity index (χ1) is 12.2. The Kier molecular flexibility index (Phi) is 4.42. The van der Waals surface area contributed by atoms with Gasteiger partial charge in [0.15, 0.2) is 6.61 Å². The van der Waals surface area contributed by atoms with Gasteiger partial charge in [0.2, 0.25) is 5.89 Å². The molecule has 1 amide bonds. The second-order valence-corrected chi connectivity index (χ2v) is 7.03. The number of halogens is 1. The third-order valence-electron chi connectivity index (χ3n) is 3.68. The molecule has 0 aliphatic heterocycles. The Labute approximate surface area is 152 Å². The summed E-state index contributed by atoms with van der Waals surface area (Å²) in [6, 6.07) is 8.64. The Hall–Kier alpha value is -2.38. The predicted molar refractivity (Wildman–Crippen MR) is 95.2 cm³/mol. The van der Waals surface area contributed by atoms with Crippen molar-refractivity contribution in [1.29, 1.82) is 0 Å². The zero-order valence-electron chi connectivity index (χ0n) is 13.1. The number of nitrogens with zero attached hydrogens (tertiary/aromatic N) is 2. The van der Waals surface area contributed by atoms with Crippen molar-refractivity contribution in [2.45, 2.75) is 18.8 Å². The second-order valence-electron chi connectivity index (χ2n) is 5.67. The number of carbonyl (C=O) groups is 1. The van der Waals surface area contributed by atoms with Crippen LogP contribution in [0.15, 0.2) is 40.1 Å². The highest BCUT2D eigenvalue weighted by molar-refractivity contribution is 7.14. The molecule has 0 unspecified atom stereocenters. The minimum Gasteiger partial charge on any atom is -0.484 e. The molecule has 1 aliphatic carbocycles. The summed E-state index contributed by atoms with van der Waals surface area (Å²) < 4.78 is 11.2. The minimum absolute atomic E-state index is 0.103. The summed E-state index contributed by atoms with van der Waals surface area (Å²) in [5.41, 5.74) is 0.640. The quantitative estimate of drug-likeness (QED) is 0.693. The van der Waals surface area contributed by atoms with Crippen molar-refractivity contribution in [3.05, 3.63) is 46.6 Å². The second kappa shape index (κ2) is 6.85. The molecule has 2 aromatic heterocycles. The number of amides is 1. The van der Waals surface area contributed by atoms with Gasteiger partial charge in [-0.3, -0.25) is 4.79 Å². The van der Waals surface area contributed by atoms with Crippen LogP contribution in [-0.2, 0) is 4.79 Å². The fourth-order valence-corrected chi connectivity index (χ4v) is 3.16. The fourth-order valence-electron chi connectivity index (χ4n) is 2.26. The summed E-state index contributed by atoms with van der Waals surface area (Å²) in [6.07, 6.45) is 2.19. The average Bonchev–Trinajstić information content (AvgIpc) is 3.16. The molecule has 1 saturated carbocycles. The third kappa shape index (κ3) is 3.83. The first-order valence-electron chi connectivity index (χ1n) is 7.78. The molecule has 4 rings (SSSR count). The molecular formula is C17H14ClN3O3S. The van der Waals surface area contributed by atoms with Crippen LogP contribution >= 0.6 is 22.9 Å². The summed E-state index contributed by atoms with van der Waals surface area (Å²) in [5, 5.41) is 13.5. The Morgan fingerprint density at radius 2 is 2.08 bits per heavy atom. The van der Waals surface area contributed by atoms with E-state index in [9.17, 15) is 4.79 Å². The topological polar surface area (TPSA) is 77.2 Å². The third-order valence-corrected chi connectivity index (χ3v) is 4.84. The summed E-state index contributed by atoms with van der Waals surface area (Å²) in [7, 11) is 0. The minimum atomic E-state index is -0.267. The van der Waals surface area contributed by atoms with E-state index in [1.165, 1.54) is 11.3 Å². The Bertz CT molecular complexity index is 887. The van der Waals surface area contributed by atoms with Gasteiger partial charge >= 0.3 is 0 Å². The number of nitrogens with one attached hydrogen (secondary N) is 1. The van der Waals surface area contributed by atoms with Crippen molar-refractivity contribution < 1.29 is 13.9 Å². The van der Waals surface area contributed by atoms with Crippen molar-refractivity contribution in [3.63, 3.8) is 0 Å². The molecule has 2 heterocycles. The molecule has 3 aromatic rings. The lowest BCUT2D eigenvalue weighted by Crippen LogP contribution is -2.20. The number of thiophene rings is 1. The summed E-state index contributed by atoms with van der Waals surface area (Å²) in [6.45, 7) is -0.103. The molecule has 25 heavy (non-hydrogen) atoms. The Morgan fingerprint density at radius 1 is 1.28 bits per heavy atom. The van der Waals surface area contributed by atoms with E-state index in [-0.39, 0.29) is 12.5 Å². The van der Waals surface area contributed by atoms with Crippen molar-refractivity contribution >= 4 is 34.5 Å². The van der Waals surface area contributed by atoms with Crippen LogP contribution in [0.25, 0.3) is 10.8 Å². The van der Waals surface area contributed by atoms with Crippen molar-refractivity contribution in [2.75, 3.05) is 11.9 Å². The Morgan fingerprint density at radius 3 is 2.84 bits per heavy atom. The van der Waals surface area contributed by atoms with Crippen LogP contribution in [0.3, 0.4) is 0 Å². The van der Waals surface area contributed by atoms with E-state index in [1.54, 1.807) is 30.3 Å². The van der Waals surface area contributed by atoms with Crippen molar-refractivity contribution in [3.8, 4) is 16.5 Å². The molecule has 0 spiro atoms. The van der Waals surface area contributed by atoms with Gasteiger partial charge in [0.25, 0.3) is 11.8 Å². The number of anilines is 1. The highest BCUT2D eigenvalue weighted by atomic mass is 35.5. The number of carbonyl (C=O) groups excluding carboxylic acids is 1. The highest BCUT2D eigenvalue weighted by Crippen LogP contribution is 2.41. The number of aromatic nitrogens is 2. The average molecular weight is 376 g/mol. The van der Waals surface area contributed by atoms with Crippen LogP contribution < -0.4 is 10.1 Å². The maximum absolute atomic E-state index is 12.1. The van der Waals surface area contributed by atoms with Crippen LogP contribution in [0, 0.1) is 0 Å². The number of rotatable bonds is 6. The van der Waals surface area contributed by atoms with Crippen LogP contribution in [0.2, 0.25) is 5.02 Å². The molecule has 1 aromatic carbocycles. The summed E-state index contributed by atoms with van der Waals surface area (Å²) in [5.74, 6) is 1.82. The number of hydrogen-bond acceptors (Lipinski definition) is 6. The first-order valence-corrected chi connectivity index (χ1v) is 9.04. The monoisotopic (exact) mass is 375 g/mol. The molecule has 128 valence electrons. The molecular weight excluding hydrogens is 362 g/mol. The summed E-state index contributed by atoms with van der Waals surface area (Å²) in [4.78, 5) is 12.9. The van der Waals surface area contributed by atoms with Gasteiger partial charge in [-0.1, -0.05) is 11.6 Å². The van der Waals surface area contributed by atoms with Gasteiger partial charge < -0.3 is 14.5 Å². The number of hydrogen-bond donors (Lipinski definition) is 1. The molecule has 1 N–H and O–H groups in total. The van der Waals surface area contributed by atoms with Crippen LogP contribution in [0.5, 0.6) is 5.75 Å². The van der Waals surface area contributed by atoms with Gasteiger partial charge in [0, 0.05) is 10.9 Å². The lowest BCUT2D eigenvalue weighted by molar-refractivity contribution is -0.118. The zero-order chi connectivity index (χ0) is 17.2. The van der Waals surface area contributed by atoms with E-state index in [1.807, 2.05) is 5.38 Å². The largest absolute Gasteiger partial charge is 0.484 e. The molecule has 1 aliphatic rings. The van der Waals surface area contributed by atoms with E-state index in [4.69, 9.17) is 20.8 Å². The first kappa shape index (κ1) is 16.1. The van der Waals surface area contributed by atoms with Gasteiger partial charge in [0.1, 0.15) is 10.6 Å². The number of ether oxygens (including phenoxy) is 1. The molecule has 0 radical (unpaired) electrons. The van der Waals surface area contributed by atoms with E-state index in [0.717, 1.165) is 17.7 Å². The zero-order valence-corrected chi connectivity index (χ0v) is 14.6. The van der Waals surface area contributed by atoms with Gasteiger partial charge in [-0.2, -0.15) is 0 Å². The van der Waals surface area contributed by atoms with Crippen LogP contribution in [0.1, 0.15) is 24.7 Å². The van der Waals surface area contributed by atoms with Gasteiger partial charge in [-0.15, -0.1) is 21.5 Å². The lowest BCUT2D eigenvalue weighted by Gasteiger charge is -2.07. The van der Waals surface area contributed by atoms with E-state index in [0.29, 0.717) is 34.2 Å². The molecule has 0 atom stereocenters. The van der Waals surface area contributed by atoms with Gasteiger partial charge in [-0.05, 0) is 48.6 Å². The van der Waals surface area contributed by atoms with Crippen molar-refractivity contribution in [2.24, 2.45) is 0 Å². The molecule has 0 bridgehead atoms. The smallest absolute Gasteiger partial charge is 0.262 e. The standard InChI is InChI=1S/C17H14ClN3O3S/c18-11-3-5-12(6-4-11)23-9-14(22)19-13-7-8-25-15(13)17-21-20-16(24-17)10-1-2-10/h3-8,10H,1-2,9H2,(H,19,22). The lowest BCUT2D eigenvalue weighted by atomic mass is 10.3. The highest BCUT2D eigenvalue weighted by Gasteiger charge is 2.30. The van der Waals surface area contributed by atoms with Crippen LogP contribution in [0.4, 0.5) is 5.69 Å². The maximum Gasteiger partial charge on any atom is 0.262 e. The number of benzene rings is 1. The summed E-state index contributed by atoms with van der Waals surface area (Å²) >= 11 is 7.26. The van der Waals surface area contributed by atoms with E-state index in [2.05, 4.69) is 15.5 Å². The fraction of sp³-hybridized carbons (Fsp3) is 0.235. The van der Waals surface area contributed by atoms with Crippen LogP contribution in [-0.4, -0.2) is 22.7 Å². The van der Waals surface area contributed by atoms with E-state index < -0.39 is 0 Å². The molecule has 1 fully saturated rings. The Balaban J connectivity index is 1.39. The SMILES string of the molecule is O=C(COc1ccc(Cl)cc1)Nc1ccsc1-c1nnc(C2CC2)o1. The molecule has 0 saturated heterocycles. The van der Waals surface area contributed by atoms with Crippen molar-refractivity contribution in [1.82, 2.24) is 10.2 Å².